The maximum atomic E-state index is 14.9. The van der Waals surface area contributed by atoms with Crippen LogP contribution in [-0.4, -0.2) is 75.6 Å². The summed E-state index contributed by atoms with van der Waals surface area (Å²) in [5.41, 5.74) is -7.73. The van der Waals surface area contributed by atoms with E-state index in [9.17, 15) is 39.5 Å². The van der Waals surface area contributed by atoms with Gasteiger partial charge in [-0.25, -0.2) is 22.0 Å². The number of rotatable bonds is 17. The predicted octanol–water partition coefficient (Wildman–Crippen LogP) is 6.84. The molecule has 0 bridgehead atoms. The Bertz CT molecular complexity index is 860. The van der Waals surface area contributed by atoms with Gasteiger partial charge in [-0.3, -0.25) is 0 Å². The summed E-state index contributed by atoms with van der Waals surface area (Å²) in [5.74, 6) is -18.4. The van der Waals surface area contributed by atoms with Crippen LogP contribution in [0.3, 0.4) is 0 Å². The monoisotopic (exact) mass is 572 g/mol. The lowest BCUT2D eigenvalue weighted by Gasteiger charge is -2.35. The molecule has 5 atom stereocenters. The third-order valence-corrected chi connectivity index (χ3v) is 5.28. The second kappa shape index (κ2) is 15.2. The minimum Gasteiger partial charge on any atom is -0.376 e. The molecule has 0 aromatic carbocycles. The van der Waals surface area contributed by atoms with Gasteiger partial charge in [0.15, 0.2) is 17.5 Å². The van der Waals surface area contributed by atoms with Gasteiger partial charge in [0, 0.05) is 6.61 Å². The van der Waals surface area contributed by atoms with Crippen molar-refractivity contribution in [3.8, 4) is 0 Å². The molecule has 0 amide bonds. The van der Waals surface area contributed by atoms with Gasteiger partial charge in [-0.05, 0) is 34.1 Å². The molecule has 0 radical (unpaired) electrons. The quantitative estimate of drug-likeness (QED) is 0.179. The topological polar surface area (TPSA) is 46.2 Å². The zero-order valence-corrected chi connectivity index (χ0v) is 21.7. The number of ether oxygens (including phenoxy) is 5. The third kappa shape index (κ3) is 8.70. The summed E-state index contributed by atoms with van der Waals surface area (Å²) in [6.07, 6.45) is -4.01. The number of alkyl halides is 3. The van der Waals surface area contributed by atoms with Crippen LogP contribution in [0, 0.1) is 0 Å². The van der Waals surface area contributed by atoms with E-state index in [1.54, 1.807) is 13.8 Å². The van der Waals surface area contributed by atoms with Crippen LogP contribution in [0.25, 0.3) is 0 Å². The van der Waals surface area contributed by atoms with Crippen molar-refractivity contribution in [1.82, 2.24) is 0 Å². The Morgan fingerprint density at radius 3 is 1.55 bits per heavy atom. The molecule has 0 saturated carbocycles. The molecule has 0 aromatic heterocycles. The van der Waals surface area contributed by atoms with Crippen molar-refractivity contribution >= 4 is 0 Å². The maximum absolute atomic E-state index is 14.9. The molecule has 14 heteroatoms. The van der Waals surface area contributed by atoms with Crippen LogP contribution in [0.1, 0.15) is 41.0 Å². The van der Waals surface area contributed by atoms with Crippen LogP contribution in [0.2, 0.25) is 0 Å². The molecule has 1 rings (SSSR count). The molecule has 5 nitrogen and oxygen atoms in total. The van der Waals surface area contributed by atoms with Gasteiger partial charge in [0.2, 0.25) is 5.83 Å². The third-order valence-electron chi connectivity index (χ3n) is 5.28. The molecule has 5 unspecified atom stereocenters. The van der Waals surface area contributed by atoms with Crippen molar-refractivity contribution < 1.29 is 63.2 Å². The van der Waals surface area contributed by atoms with Gasteiger partial charge in [0.25, 0.3) is 11.7 Å². The van der Waals surface area contributed by atoms with Gasteiger partial charge >= 0.3 is 5.92 Å². The Hall–Kier alpha value is -1.61. The molecule has 1 aliphatic rings. The number of hydrogen-bond donors (Lipinski definition) is 0. The molecular weight excluding hydrogens is 539 g/mol. The standard InChI is InChI=1S/C24H33F9O5/c1-6-7-35-14(3)9-37-16(5)11-38-15(4)10-36-13(2)8-34-12-17(22(29)30)23(31)20(27)18(25)19(26)21(28)24(23,32)33/h13-16H,6-12H2,1-5H3. The van der Waals surface area contributed by atoms with Gasteiger partial charge < -0.3 is 23.7 Å². The molecule has 0 N–H and O–H groups in total. The lowest BCUT2D eigenvalue weighted by Crippen LogP contribution is -2.51. The first-order chi connectivity index (χ1) is 17.6. The van der Waals surface area contributed by atoms with E-state index in [1.165, 1.54) is 6.92 Å². The van der Waals surface area contributed by atoms with E-state index in [1.807, 2.05) is 13.8 Å². The maximum Gasteiger partial charge on any atom is 0.345 e. The van der Waals surface area contributed by atoms with Crippen molar-refractivity contribution in [2.24, 2.45) is 0 Å². The van der Waals surface area contributed by atoms with Gasteiger partial charge in [-0.15, -0.1) is 0 Å². The lowest BCUT2D eigenvalue weighted by molar-refractivity contribution is -0.110. The molecule has 38 heavy (non-hydrogen) atoms. The van der Waals surface area contributed by atoms with Gasteiger partial charge in [-0.1, -0.05) is 6.92 Å². The summed E-state index contributed by atoms with van der Waals surface area (Å²) in [4.78, 5) is 0. The summed E-state index contributed by atoms with van der Waals surface area (Å²) in [6, 6.07) is 0. The Morgan fingerprint density at radius 2 is 1.11 bits per heavy atom. The lowest BCUT2D eigenvalue weighted by atomic mass is 9.83. The van der Waals surface area contributed by atoms with Crippen molar-refractivity contribution in [2.75, 3.05) is 39.6 Å². The van der Waals surface area contributed by atoms with Gasteiger partial charge in [0.05, 0.1) is 63.0 Å². The summed E-state index contributed by atoms with van der Waals surface area (Å²) >= 11 is 0. The summed E-state index contributed by atoms with van der Waals surface area (Å²) in [5, 5.41) is 0. The first-order valence-corrected chi connectivity index (χ1v) is 11.9. The molecule has 1 aliphatic carbocycles. The van der Waals surface area contributed by atoms with Crippen molar-refractivity contribution in [1.29, 1.82) is 0 Å². The molecule has 0 fully saturated rings. The highest BCUT2D eigenvalue weighted by Crippen LogP contribution is 2.56. The van der Waals surface area contributed by atoms with Gasteiger partial charge in [0.1, 0.15) is 0 Å². The van der Waals surface area contributed by atoms with Crippen LogP contribution in [0.5, 0.6) is 0 Å². The summed E-state index contributed by atoms with van der Waals surface area (Å²) in [6.45, 7) is 7.62. The van der Waals surface area contributed by atoms with E-state index in [2.05, 4.69) is 0 Å². The number of halogens is 9. The second-order valence-corrected chi connectivity index (χ2v) is 8.86. The highest BCUT2D eigenvalue weighted by Gasteiger charge is 2.69. The van der Waals surface area contributed by atoms with Crippen LogP contribution in [-0.2, 0) is 23.7 Å². The van der Waals surface area contributed by atoms with E-state index >= 15 is 0 Å². The molecule has 0 saturated heterocycles. The SMILES string of the molecule is CCCOC(C)COC(C)COC(C)COC(C)COCC(=C(F)F)C1(F)C(F)=C(F)C(F)=C(F)C1(F)F. The van der Waals surface area contributed by atoms with Gasteiger partial charge in [-0.2, -0.15) is 17.6 Å². The van der Waals surface area contributed by atoms with Crippen molar-refractivity contribution in [2.45, 2.75) is 77.0 Å². The first kappa shape index (κ1) is 34.4. The van der Waals surface area contributed by atoms with Crippen LogP contribution >= 0.6 is 0 Å². The average molecular weight is 573 g/mol. The first-order valence-electron chi connectivity index (χ1n) is 11.9. The smallest absolute Gasteiger partial charge is 0.345 e. The zero-order chi connectivity index (χ0) is 29.3. The zero-order valence-electron chi connectivity index (χ0n) is 21.7. The fourth-order valence-corrected chi connectivity index (χ4v) is 3.11. The normalized spacial score (nSPS) is 22.9. The Kier molecular flexibility index (Phi) is 13.8. The summed E-state index contributed by atoms with van der Waals surface area (Å²) < 4.78 is 150. The molecule has 0 spiro atoms. The predicted molar refractivity (Wildman–Crippen MR) is 119 cm³/mol. The van der Waals surface area contributed by atoms with E-state index in [0.29, 0.717) is 13.2 Å². The molecule has 0 heterocycles. The number of allylic oxidation sites excluding steroid dienone is 4. The largest absolute Gasteiger partial charge is 0.376 e. The molecule has 222 valence electrons. The molecular formula is C24H33F9O5. The Labute approximate surface area is 215 Å². The van der Waals surface area contributed by atoms with E-state index in [-0.39, 0.29) is 25.4 Å². The number of hydrogen-bond acceptors (Lipinski definition) is 5. The highest BCUT2D eigenvalue weighted by molar-refractivity contribution is 5.48. The Balaban J connectivity index is 2.56. The van der Waals surface area contributed by atoms with Crippen LogP contribution in [0.15, 0.2) is 35.0 Å². The summed E-state index contributed by atoms with van der Waals surface area (Å²) in [7, 11) is 0. The minimum absolute atomic E-state index is 0.0175. The average Bonchev–Trinajstić information content (AvgIpc) is 2.87. The van der Waals surface area contributed by atoms with Crippen LogP contribution in [0.4, 0.5) is 39.5 Å². The fourth-order valence-electron chi connectivity index (χ4n) is 3.11. The molecule has 0 aliphatic heterocycles. The highest BCUT2D eigenvalue weighted by atomic mass is 19.3. The second-order valence-electron chi connectivity index (χ2n) is 8.86. The van der Waals surface area contributed by atoms with E-state index in [4.69, 9.17) is 23.7 Å². The van der Waals surface area contributed by atoms with Crippen LogP contribution < -0.4 is 0 Å². The van der Waals surface area contributed by atoms with Crippen molar-refractivity contribution in [3.05, 3.63) is 35.0 Å². The van der Waals surface area contributed by atoms with Crippen molar-refractivity contribution in [3.63, 3.8) is 0 Å². The molecule has 0 aromatic rings. The van der Waals surface area contributed by atoms with E-state index < -0.39 is 72.0 Å². The minimum atomic E-state index is -5.80. The fraction of sp³-hybridized carbons (Fsp3) is 0.750. The van der Waals surface area contributed by atoms with E-state index in [0.717, 1.165) is 6.42 Å². The Morgan fingerprint density at radius 1 is 0.684 bits per heavy atom.